The van der Waals surface area contributed by atoms with Crippen LogP contribution in [0.1, 0.15) is 39.0 Å². The summed E-state index contributed by atoms with van der Waals surface area (Å²) >= 11 is 1.68. The Labute approximate surface area is 118 Å². The monoisotopic (exact) mass is 289 g/mol. The zero-order chi connectivity index (χ0) is 14.1. The van der Waals surface area contributed by atoms with E-state index in [4.69, 9.17) is 9.84 Å². The van der Waals surface area contributed by atoms with Crippen LogP contribution >= 0.6 is 11.8 Å². The standard InChI is InChI=1S/C13H23NO4S/c1-2-18-13(17)5-3-4-8-19-10-14-11(9-15)6-7-12(14)16/h11,15H,2-10H2,1H3/t11-/m1/s1. The van der Waals surface area contributed by atoms with E-state index < -0.39 is 0 Å². The average Bonchev–Trinajstić information content (AvgIpc) is 2.75. The summed E-state index contributed by atoms with van der Waals surface area (Å²) in [6.45, 7) is 2.29. The number of unbranched alkanes of at least 4 members (excludes halogenated alkanes) is 1. The first-order chi connectivity index (χ1) is 9.19. The highest BCUT2D eigenvalue weighted by Gasteiger charge is 2.29. The number of aliphatic hydroxyl groups is 1. The molecular weight excluding hydrogens is 266 g/mol. The number of nitrogens with zero attached hydrogens (tertiary/aromatic N) is 1. The molecule has 0 aromatic carbocycles. The number of esters is 1. The van der Waals surface area contributed by atoms with Gasteiger partial charge in [-0.2, -0.15) is 0 Å². The normalized spacial score (nSPS) is 18.9. The van der Waals surface area contributed by atoms with Crippen molar-refractivity contribution in [2.24, 2.45) is 0 Å². The summed E-state index contributed by atoms with van der Waals surface area (Å²) in [6, 6.07) is -0.000433. The molecule has 0 unspecified atom stereocenters. The third-order valence-corrected chi connectivity index (χ3v) is 4.16. The molecule has 0 aromatic heterocycles. The molecule has 1 amide bonds. The Morgan fingerprint density at radius 2 is 2.32 bits per heavy atom. The van der Waals surface area contributed by atoms with E-state index in [1.54, 1.807) is 23.6 Å². The summed E-state index contributed by atoms with van der Waals surface area (Å²) in [5.74, 6) is 1.56. The average molecular weight is 289 g/mol. The van der Waals surface area contributed by atoms with Crippen molar-refractivity contribution in [3.05, 3.63) is 0 Å². The minimum atomic E-state index is -0.137. The van der Waals surface area contributed by atoms with Gasteiger partial charge in [0, 0.05) is 12.8 Å². The highest BCUT2D eigenvalue weighted by atomic mass is 32.2. The summed E-state index contributed by atoms with van der Waals surface area (Å²) in [4.78, 5) is 24.4. The molecule has 0 saturated carbocycles. The lowest BCUT2D eigenvalue weighted by Crippen LogP contribution is -2.35. The lowest BCUT2D eigenvalue weighted by molar-refractivity contribution is -0.143. The number of aliphatic hydroxyl groups excluding tert-OH is 1. The lowest BCUT2D eigenvalue weighted by atomic mass is 10.2. The van der Waals surface area contributed by atoms with Crippen molar-refractivity contribution in [1.82, 2.24) is 4.90 Å². The van der Waals surface area contributed by atoms with E-state index in [0.29, 0.717) is 25.3 Å². The highest BCUT2D eigenvalue weighted by molar-refractivity contribution is 7.99. The number of carbonyl (C=O) groups excluding carboxylic acids is 2. The molecule has 0 aliphatic carbocycles. The van der Waals surface area contributed by atoms with Gasteiger partial charge in [0.2, 0.25) is 5.91 Å². The van der Waals surface area contributed by atoms with Crippen LogP contribution in [0.3, 0.4) is 0 Å². The maximum atomic E-state index is 11.6. The van der Waals surface area contributed by atoms with Crippen molar-refractivity contribution in [1.29, 1.82) is 0 Å². The largest absolute Gasteiger partial charge is 0.466 e. The molecule has 110 valence electrons. The summed E-state index contributed by atoms with van der Waals surface area (Å²) in [5.41, 5.74) is 0. The first-order valence-electron chi connectivity index (χ1n) is 6.82. The zero-order valence-electron chi connectivity index (χ0n) is 11.5. The minimum absolute atomic E-state index is 0.000433. The van der Waals surface area contributed by atoms with Gasteiger partial charge in [-0.1, -0.05) is 0 Å². The third kappa shape index (κ3) is 5.82. The van der Waals surface area contributed by atoms with Crippen LogP contribution in [-0.2, 0) is 14.3 Å². The molecule has 1 heterocycles. The van der Waals surface area contributed by atoms with Crippen LogP contribution in [0, 0.1) is 0 Å². The molecule has 1 atom stereocenters. The summed E-state index contributed by atoms with van der Waals surface area (Å²) in [5, 5.41) is 9.15. The van der Waals surface area contributed by atoms with Crippen molar-refractivity contribution in [2.75, 3.05) is 24.8 Å². The van der Waals surface area contributed by atoms with Crippen LogP contribution < -0.4 is 0 Å². The maximum absolute atomic E-state index is 11.6. The van der Waals surface area contributed by atoms with Crippen molar-refractivity contribution in [3.8, 4) is 0 Å². The highest BCUT2D eigenvalue weighted by Crippen LogP contribution is 2.21. The summed E-state index contributed by atoms with van der Waals surface area (Å²) < 4.78 is 4.85. The molecule has 1 rings (SSSR count). The maximum Gasteiger partial charge on any atom is 0.305 e. The van der Waals surface area contributed by atoms with E-state index in [1.165, 1.54) is 0 Å². The van der Waals surface area contributed by atoms with Crippen molar-refractivity contribution < 1.29 is 19.4 Å². The van der Waals surface area contributed by atoms with Gasteiger partial charge in [0.25, 0.3) is 0 Å². The van der Waals surface area contributed by atoms with Crippen LogP contribution in [0.15, 0.2) is 0 Å². The lowest BCUT2D eigenvalue weighted by Gasteiger charge is -2.22. The van der Waals surface area contributed by atoms with Gasteiger partial charge in [-0.05, 0) is 31.9 Å². The van der Waals surface area contributed by atoms with Crippen LogP contribution in [-0.4, -0.2) is 52.8 Å². The molecule has 6 heteroatoms. The molecular formula is C13H23NO4S. The number of ether oxygens (including phenoxy) is 1. The topological polar surface area (TPSA) is 66.8 Å². The Balaban J connectivity index is 2.04. The Hall–Kier alpha value is -0.750. The fourth-order valence-electron chi connectivity index (χ4n) is 2.03. The third-order valence-electron chi connectivity index (χ3n) is 3.12. The number of hydrogen-bond acceptors (Lipinski definition) is 5. The molecule has 0 aromatic rings. The van der Waals surface area contributed by atoms with Gasteiger partial charge in [-0.15, -0.1) is 11.8 Å². The van der Waals surface area contributed by atoms with E-state index in [0.717, 1.165) is 25.0 Å². The van der Waals surface area contributed by atoms with Gasteiger partial charge >= 0.3 is 5.97 Å². The fourth-order valence-corrected chi connectivity index (χ4v) is 3.12. The summed E-state index contributed by atoms with van der Waals surface area (Å²) in [6.07, 6.45) is 3.54. The molecule has 0 radical (unpaired) electrons. The molecule has 19 heavy (non-hydrogen) atoms. The predicted octanol–water partition coefficient (Wildman–Crippen LogP) is 1.39. The van der Waals surface area contributed by atoms with Crippen LogP contribution in [0.5, 0.6) is 0 Å². The van der Waals surface area contributed by atoms with E-state index >= 15 is 0 Å². The van der Waals surface area contributed by atoms with Gasteiger partial charge in [-0.25, -0.2) is 0 Å². The number of carbonyl (C=O) groups is 2. The number of likely N-dealkylation sites (tertiary alicyclic amines) is 1. The van der Waals surface area contributed by atoms with Gasteiger partial charge in [0.15, 0.2) is 0 Å². The zero-order valence-corrected chi connectivity index (χ0v) is 12.3. The quantitative estimate of drug-likeness (QED) is 0.513. The first kappa shape index (κ1) is 16.3. The predicted molar refractivity (Wildman–Crippen MR) is 74.8 cm³/mol. The van der Waals surface area contributed by atoms with Crippen LogP contribution in [0.2, 0.25) is 0 Å². The van der Waals surface area contributed by atoms with E-state index in [1.807, 2.05) is 0 Å². The van der Waals surface area contributed by atoms with Crippen LogP contribution in [0.25, 0.3) is 0 Å². The van der Waals surface area contributed by atoms with Crippen molar-refractivity contribution in [3.63, 3.8) is 0 Å². The van der Waals surface area contributed by atoms with E-state index in [9.17, 15) is 9.59 Å². The number of thioether (sulfide) groups is 1. The molecule has 0 bridgehead atoms. The van der Waals surface area contributed by atoms with E-state index in [-0.39, 0.29) is 24.5 Å². The SMILES string of the molecule is CCOC(=O)CCCCSCN1C(=O)CC[C@@H]1CO. The molecule has 1 saturated heterocycles. The molecule has 0 spiro atoms. The molecule has 1 fully saturated rings. The molecule has 1 aliphatic rings. The summed E-state index contributed by atoms with van der Waals surface area (Å²) in [7, 11) is 0. The number of amides is 1. The van der Waals surface area contributed by atoms with Crippen LogP contribution in [0.4, 0.5) is 0 Å². The Bertz CT molecular complexity index is 298. The Morgan fingerprint density at radius 1 is 1.53 bits per heavy atom. The second kappa shape index (κ2) is 9.20. The van der Waals surface area contributed by atoms with E-state index in [2.05, 4.69) is 0 Å². The van der Waals surface area contributed by atoms with Gasteiger partial charge in [0.05, 0.1) is 25.1 Å². The Morgan fingerprint density at radius 3 is 3.00 bits per heavy atom. The molecule has 1 aliphatic heterocycles. The second-order valence-corrected chi connectivity index (χ2v) is 5.61. The Kier molecular flexibility index (Phi) is 7.90. The second-order valence-electron chi connectivity index (χ2n) is 4.54. The first-order valence-corrected chi connectivity index (χ1v) is 7.98. The minimum Gasteiger partial charge on any atom is -0.466 e. The van der Waals surface area contributed by atoms with Gasteiger partial charge in [0.1, 0.15) is 0 Å². The van der Waals surface area contributed by atoms with Gasteiger partial charge < -0.3 is 14.7 Å². The van der Waals surface area contributed by atoms with Crippen molar-refractivity contribution in [2.45, 2.75) is 45.1 Å². The number of rotatable bonds is 9. The van der Waals surface area contributed by atoms with Gasteiger partial charge in [-0.3, -0.25) is 9.59 Å². The molecule has 5 nitrogen and oxygen atoms in total. The molecule has 1 N–H and O–H groups in total. The van der Waals surface area contributed by atoms with Crippen molar-refractivity contribution >= 4 is 23.6 Å². The number of hydrogen-bond donors (Lipinski definition) is 1. The fraction of sp³-hybridized carbons (Fsp3) is 0.846. The smallest absolute Gasteiger partial charge is 0.305 e.